The molecule has 0 heterocycles. The molecular weight excluding hydrogens is 236 g/mol. The minimum Gasteiger partial charge on any atom is -0.383 e. The number of anilines is 1. The molecule has 1 aromatic rings. The third kappa shape index (κ3) is 6.60. The average Bonchev–Trinajstić information content (AvgIpc) is 2.36. The Hall–Kier alpha value is -1.06. The van der Waals surface area contributed by atoms with Crippen LogP contribution in [0.1, 0.15) is 24.0 Å². The van der Waals surface area contributed by atoms with Gasteiger partial charge in [-0.05, 0) is 56.5 Å². The zero-order valence-electron chi connectivity index (χ0n) is 12.8. The number of rotatable bonds is 9. The Kier molecular flexibility index (Phi) is 7.53. The van der Waals surface area contributed by atoms with Gasteiger partial charge in [0.05, 0.1) is 6.61 Å². The van der Waals surface area contributed by atoms with E-state index in [-0.39, 0.29) is 0 Å². The van der Waals surface area contributed by atoms with Crippen LogP contribution in [-0.2, 0) is 4.74 Å². The summed E-state index contributed by atoms with van der Waals surface area (Å²) in [6, 6.07) is 6.73. The van der Waals surface area contributed by atoms with Crippen molar-refractivity contribution in [1.29, 1.82) is 0 Å². The number of unbranched alkanes of at least 4 members (excludes halogenated alkanes) is 1. The van der Waals surface area contributed by atoms with Crippen molar-refractivity contribution in [2.24, 2.45) is 0 Å². The first-order valence-corrected chi connectivity index (χ1v) is 7.12. The third-order valence-electron chi connectivity index (χ3n) is 3.23. The van der Waals surface area contributed by atoms with Gasteiger partial charge in [0, 0.05) is 32.9 Å². The van der Waals surface area contributed by atoms with Crippen molar-refractivity contribution in [2.45, 2.75) is 26.7 Å². The van der Waals surface area contributed by atoms with E-state index in [0.29, 0.717) is 0 Å². The van der Waals surface area contributed by atoms with E-state index in [2.05, 4.69) is 49.3 Å². The van der Waals surface area contributed by atoms with Crippen molar-refractivity contribution in [2.75, 3.05) is 45.3 Å². The van der Waals surface area contributed by atoms with Crippen LogP contribution >= 0.6 is 0 Å². The van der Waals surface area contributed by atoms with Gasteiger partial charge in [-0.15, -0.1) is 0 Å². The molecule has 0 fully saturated rings. The van der Waals surface area contributed by atoms with Crippen molar-refractivity contribution >= 4 is 5.69 Å². The van der Waals surface area contributed by atoms with Gasteiger partial charge in [0.2, 0.25) is 0 Å². The lowest BCUT2D eigenvalue weighted by atomic mass is 10.1. The summed E-state index contributed by atoms with van der Waals surface area (Å²) in [7, 11) is 3.91. The normalized spacial score (nSPS) is 10.7. The highest BCUT2D eigenvalue weighted by Gasteiger charge is 2.02. The molecule has 0 unspecified atom stereocenters. The quantitative estimate of drug-likeness (QED) is 0.694. The molecule has 0 aromatic heterocycles. The second-order valence-corrected chi connectivity index (χ2v) is 5.22. The van der Waals surface area contributed by atoms with Gasteiger partial charge < -0.3 is 15.0 Å². The summed E-state index contributed by atoms with van der Waals surface area (Å²) >= 11 is 0. The van der Waals surface area contributed by atoms with Gasteiger partial charge in [-0.1, -0.05) is 6.07 Å². The molecule has 108 valence electrons. The van der Waals surface area contributed by atoms with Crippen LogP contribution in [0.2, 0.25) is 0 Å². The summed E-state index contributed by atoms with van der Waals surface area (Å²) in [6.45, 7) is 8.24. The maximum absolute atomic E-state index is 5.00. The lowest BCUT2D eigenvalue weighted by molar-refractivity contribution is 0.199. The molecule has 0 amide bonds. The van der Waals surface area contributed by atoms with Crippen LogP contribution in [0.5, 0.6) is 0 Å². The maximum Gasteiger partial charge on any atom is 0.0587 e. The third-order valence-corrected chi connectivity index (χ3v) is 3.23. The van der Waals surface area contributed by atoms with Crippen LogP contribution in [0.3, 0.4) is 0 Å². The first kappa shape index (κ1) is 16.0. The number of aryl methyl sites for hydroxylation is 2. The molecule has 0 aliphatic rings. The van der Waals surface area contributed by atoms with Crippen LogP contribution in [0.4, 0.5) is 5.69 Å². The molecule has 0 radical (unpaired) electrons. The molecular formula is C16H28N2O. The first-order chi connectivity index (χ1) is 9.13. The zero-order valence-corrected chi connectivity index (χ0v) is 12.8. The largest absolute Gasteiger partial charge is 0.383 e. The van der Waals surface area contributed by atoms with Crippen LogP contribution in [-0.4, -0.2) is 40.4 Å². The van der Waals surface area contributed by atoms with Crippen molar-refractivity contribution < 1.29 is 4.74 Å². The van der Waals surface area contributed by atoms with Crippen LogP contribution < -0.4 is 10.2 Å². The fourth-order valence-electron chi connectivity index (χ4n) is 2.20. The maximum atomic E-state index is 5.00. The van der Waals surface area contributed by atoms with Crippen molar-refractivity contribution in [3.8, 4) is 0 Å². The van der Waals surface area contributed by atoms with Gasteiger partial charge in [0.1, 0.15) is 0 Å². The van der Waals surface area contributed by atoms with Crippen LogP contribution in [0.15, 0.2) is 18.2 Å². The van der Waals surface area contributed by atoms with Gasteiger partial charge in [0.15, 0.2) is 0 Å². The molecule has 1 rings (SSSR count). The van der Waals surface area contributed by atoms with E-state index in [9.17, 15) is 0 Å². The predicted molar refractivity (Wildman–Crippen MR) is 83.2 cm³/mol. The summed E-state index contributed by atoms with van der Waals surface area (Å²) in [4.78, 5) is 2.34. The van der Waals surface area contributed by atoms with Crippen molar-refractivity contribution in [3.63, 3.8) is 0 Å². The average molecular weight is 264 g/mol. The number of hydrogen-bond donors (Lipinski definition) is 1. The highest BCUT2D eigenvalue weighted by atomic mass is 16.5. The predicted octanol–water partition coefficient (Wildman–Crippen LogP) is 2.76. The number of methoxy groups -OCH3 is 1. The SMILES string of the molecule is COCCNCCCCN(C)c1cc(C)cc(C)c1. The Morgan fingerprint density at radius 2 is 1.74 bits per heavy atom. The van der Waals surface area contributed by atoms with Crippen LogP contribution in [0.25, 0.3) is 0 Å². The van der Waals surface area contributed by atoms with E-state index < -0.39 is 0 Å². The Morgan fingerprint density at radius 3 is 2.37 bits per heavy atom. The first-order valence-electron chi connectivity index (χ1n) is 7.12. The molecule has 0 bridgehead atoms. The standard InChI is InChI=1S/C16H28N2O/c1-14-11-15(2)13-16(12-14)18(3)9-6-5-7-17-8-10-19-4/h11-13,17H,5-10H2,1-4H3. The molecule has 1 aromatic carbocycles. The number of ether oxygens (including phenoxy) is 1. The second-order valence-electron chi connectivity index (χ2n) is 5.22. The molecule has 0 atom stereocenters. The molecule has 1 N–H and O–H groups in total. The minimum absolute atomic E-state index is 0.794. The van der Waals surface area contributed by atoms with E-state index in [1.807, 2.05) is 0 Å². The molecule has 19 heavy (non-hydrogen) atoms. The molecule has 0 saturated heterocycles. The zero-order chi connectivity index (χ0) is 14.1. The molecule has 0 saturated carbocycles. The van der Waals surface area contributed by atoms with Gasteiger partial charge in [-0.3, -0.25) is 0 Å². The Labute approximate surface area is 118 Å². The van der Waals surface area contributed by atoms with E-state index in [4.69, 9.17) is 4.74 Å². The lowest BCUT2D eigenvalue weighted by Gasteiger charge is -2.20. The summed E-state index contributed by atoms with van der Waals surface area (Å²) < 4.78 is 5.00. The summed E-state index contributed by atoms with van der Waals surface area (Å²) in [5, 5.41) is 3.37. The molecule has 0 aliphatic carbocycles. The number of hydrogen-bond acceptors (Lipinski definition) is 3. The Bertz CT molecular complexity index is 346. The van der Waals surface area contributed by atoms with E-state index >= 15 is 0 Å². The molecule has 0 aliphatic heterocycles. The monoisotopic (exact) mass is 264 g/mol. The summed E-state index contributed by atoms with van der Waals surface area (Å²) in [5.74, 6) is 0. The van der Waals surface area contributed by atoms with Gasteiger partial charge in [0.25, 0.3) is 0 Å². The van der Waals surface area contributed by atoms with Gasteiger partial charge in [-0.2, -0.15) is 0 Å². The van der Waals surface area contributed by atoms with E-state index in [0.717, 1.165) is 26.2 Å². The second kappa shape index (κ2) is 8.94. The molecule has 3 nitrogen and oxygen atoms in total. The van der Waals surface area contributed by atoms with Crippen LogP contribution in [0, 0.1) is 13.8 Å². The molecule has 3 heteroatoms. The molecule has 0 spiro atoms. The van der Waals surface area contributed by atoms with Crippen molar-refractivity contribution in [1.82, 2.24) is 5.32 Å². The smallest absolute Gasteiger partial charge is 0.0587 e. The topological polar surface area (TPSA) is 24.5 Å². The fraction of sp³-hybridized carbons (Fsp3) is 0.625. The lowest BCUT2D eigenvalue weighted by Crippen LogP contribution is -2.23. The number of nitrogens with one attached hydrogen (secondary N) is 1. The highest BCUT2D eigenvalue weighted by molar-refractivity contribution is 5.50. The minimum atomic E-state index is 0.794. The number of nitrogens with zero attached hydrogens (tertiary/aromatic N) is 1. The fourth-order valence-corrected chi connectivity index (χ4v) is 2.20. The van der Waals surface area contributed by atoms with Crippen molar-refractivity contribution in [3.05, 3.63) is 29.3 Å². The van der Waals surface area contributed by atoms with E-state index in [1.54, 1.807) is 7.11 Å². The van der Waals surface area contributed by atoms with Gasteiger partial charge >= 0.3 is 0 Å². The number of benzene rings is 1. The summed E-state index contributed by atoms with van der Waals surface area (Å²) in [5.41, 5.74) is 4.00. The highest BCUT2D eigenvalue weighted by Crippen LogP contribution is 2.17. The van der Waals surface area contributed by atoms with Gasteiger partial charge in [-0.25, -0.2) is 0 Å². The Morgan fingerprint density at radius 1 is 1.05 bits per heavy atom. The van der Waals surface area contributed by atoms with E-state index in [1.165, 1.54) is 29.7 Å². The Balaban J connectivity index is 2.22. The summed E-state index contributed by atoms with van der Waals surface area (Å²) in [6.07, 6.45) is 2.42.